The van der Waals surface area contributed by atoms with Crippen LogP contribution >= 0.6 is 22.9 Å². The molecule has 0 aliphatic heterocycles. The lowest BCUT2D eigenvalue weighted by Crippen LogP contribution is -2.09. The van der Waals surface area contributed by atoms with Crippen LogP contribution in [0.4, 0.5) is 0 Å². The molecule has 0 spiro atoms. The summed E-state index contributed by atoms with van der Waals surface area (Å²) >= 11 is 6.89. The van der Waals surface area contributed by atoms with Crippen LogP contribution in [-0.2, 0) is 4.74 Å². The molecule has 0 saturated carbocycles. The number of alkyl halides is 1. The van der Waals surface area contributed by atoms with Crippen molar-refractivity contribution in [1.82, 2.24) is 4.98 Å². The number of thiazole rings is 1. The van der Waals surface area contributed by atoms with Crippen molar-refractivity contribution < 1.29 is 9.53 Å². The maximum Gasteiger partial charge on any atom is 0.196 e. The second-order valence-corrected chi connectivity index (χ2v) is 4.69. The van der Waals surface area contributed by atoms with Crippen LogP contribution in [0.5, 0.6) is 0 Å². The Morgan fingerprint density at radius 1 is 1.67 bits per heavy atom. The van der Waals surface area contributed by atoms with Crippen molar-refractivity contribution in [3.05, 3.63) is 16.1 Å². The van der Waals surface area contributed by atoms with Gasteiger partial charge in [-0.15, -0.1) is 22.9 Å². The number of aromatic nitrogens is 1. The number of nitrogens with zero attached hydrogens (tertiary/aromatic N) is 1. The summed E-state index contributed by atoms with van der Waals surface area (Å²) in [5.74, 6) is 0.167. The quantitative estimate of drug-likeness (QED) is 0.593. The molecule has 0 radical (unpaired) electrons. The lowest BCUT2D eigenvalue weighted by atomic mass is 10.1. The van der Waals surface area contributed by atoms with Crippen LogP contribution in [0.1, 0.15) is 35.4 Å². The van der Waals surface area contributed by atoms with Crippen molar-refractivity contribution >= 4 is 28.7 Å². The normalized spacial score (nSPS) is 13.1. The third kappa shape index (κ3) is 3.00. The number of ether oxygens (including phenoxy) is 1. The molecule has 3 nitrogen and oxygen atoms in total. The molecular weight excluding hydrogens is 234 g/mol. The van der Waals surface area contributed by atoms with Gasteiger partial charge in [0.15, 0.2) is 5.78 Å². The average Bonchev–Trinajstić information content (AvgIpc) is 2.66. The molecule has 0 aliphatic rings. The SMILES string of the molecule is COC(c1nc(C(=O)CCl)cs1)C(C)C. The van der Waals surface area contributed by atoms with E-state index in [9.17, 15) is 4.79 Å². The molecule has 0 aliphatic carbocycles. The highest BCUT2D eigenvalue weighted by Crippen LogP contribution is 2.27. The van der Waals surface area contributed by atoms with E-state index in [1.54, 1.807) is 12.5 Å². The zero-order chi connectivity index (χ0) is 11.4. The summed E-state index contributed by atoms with van der Waals surface area (Å²) in [6.07, 6.45) is -0.0492. The predicted molar refractivity (Wildman–Crippen MR) is 61.8 cm³/mol. The van der Waals surface area contributed by atoms with E-state index in [0.29, 0.717) is 11.6 Å². The van der Waals surface area contributed by atoms with Gasteiger partial charge in [-0.05, 0) is 5.92 Å². The standard InChI is InChI=1S/C10H14ClNO2S/c1-6(2)9(14-3)10-12-7(5-15-10)8(13)4-11/h5-6,9H,4H2,1-3H3. The Morgan fingerprint density at radius 3 is 2.80 bits per heavy atom. The fourth-order valence-corrected chi connectivity index (χ4v) is 2.48. The van der Waals surface area contributed by atoms with Gasteiger partial charge >= 0.3 is 0 Å². The summed E-state index contributed by atoms with van der Waals surface area (Å²) in [6, 6.07) is 0. The summed E-state index contributed by atoms with van der Waals surface area (Å²) in [7, 11) is 1.65. The van der Waals surface area contributed by atoms with Crippen LogP contribution in [0.3, 0.4) is 0 Å². The van der Waals surface area contributed by atoms with E-state index in [0.717, 1.165) is 5.01 Å². The molecule has 0 bridgehead atoms. The van der Waals surface area contributed by atoms with Crippen molar-refractivity contribution in [1.29, 1.82) is 0 Å². The molecule has 1 unspecified atom stereocenters. The van der Waals surface area contributed by atoms with Crippen molar-refractivity contribution in [2.75, 3.05) is 13.0 Å². The number of ketones is 1. The molecule has 1 atom stereocenters. The number of halogens is 1. The number of carbonyl (C=O) groups excluding carboxylic acids is 1. The molecule has 1 aromatic rings. The smallest absolute Gasteiger partial charge is 0.196 e. The van der Waals surface area contributed by atoms with Gasteiger partial charge in [-0.25, -0.2) is 4.98 Å². The molecule has 1 aromatic heterocycles. The topological polar surface area (TPSA) is 39.2 Å². The molecular formula is C10H14ClNO2S. The Kier molecular flexibility index (Phi) is 4.70. The summed E-state index contributed by atoms with van der Waals surface area (Å²) in [5, 5.41) is 2.56. The first-order valence-corrected chi connectivity index (χ1v) is 6.09. The van der Waals surface area contributed by atoms with E-state index in [2.05, 4.69) is 18.8 Å². The molecule has 0 N–H and O–H groups in total. The van der Waals surface area contributed by atoms with E-state index in [1.807, 2.05) is 0 Å². The number of Topliss-reactive ketones (excluding diaryl/α,β-unsaturated/α-hetero) is 1. The minimum Gasteiger partial charge on any atom is -0.374 e. The number of methoxy groups -OCH3 is 1. The highest BCUT2D eigenvalue weighted by atomic mass is 35.5. The first-order valence-electron chi connectivity index (χ1n) is 4.67. The second-order valence-electron chi connectivity index (χ2n) is 3.53. The van der Waals surface area contributed by atoms with E-state index >= 15 is 0 Å². The van der Waals surface area contributed by atoms with Crippen LogP contribution in [0.2, 0.25) is 0 Å². The molecule has 84 valence electrons. The minimum absolute atomic E-state index is 0.0253. The van der Waals surface area contributed by atoms with E-state index in [-0.39, 0.29) is 17.8 Å². The largest absolute Gasteiger partial charge is 0.374 e. The average molecular weight is 248 g/mol. The summed E-state index contributed by atoms with van der Waals surface area (Å²) in [6.45, 7) is 4.11. The molecule has 0 aromatic carbocycles. The summed E-state index contributed by atoms with van der Waals surface area (Å²) < 4.78 is 5.33. The lowest BCUT2D eigenvalue weighted by Gasteiger charge is -2.15. The molecule has 1 rings (SSSR count). The molecule has 0 saturated heterocycles. The summed E-state index contributed by atoms with van der Waals surface area (Å²) in [4.78, 5) is 15.5. The Morgan fingerprint density at radius 2 is 2.33 bits per heavy atom. The molecule has 1 heterocycles. The Labute approximate surface area is 98.4 Å². The maximum atomic E-state index is 11.3. The van der Waals surface area contributed by atoms with Crippen molar-refractivity contribution in [3.63, 3.8) is 0 Å². The van der Waals surface area contributed by atoms with Gasteiger partial charge in [0.05, 0.1) is 5.88 Å². The zero-order valence-corrected chi connectivity index (χ0v) is 10.6. The van der Waals surface area contributed by atoms with Crippen LogP contribution < -0.4 is 0 Å². The van der Waals surface area contributed by atoms with Crippen LogP contribution in [0, 0.1) is 5.92 Å². The molecule has 5 heteroatoms. The zero-order valence-electron chi connectivity index (χ0n) is 8.99. The molecule has 15 heavy (non-hydrogen) atoms. The van der Waals surface area contributed by atoms with Gasteiger partial charge in [-0.1, -0.05) is 13.8 Å². The van der Waals surface area contributed by atoms with E-state index in [4.69, 9.17) is 16.3 Å². The number of rotatable bonds is 5. The number of hydrogen-bond acceptors (Lipinski definition) is 4. The third-order valence-electron chi connectivity index (χ3n) is 2.03. The van der Waals surface area contributed by atoms with Gasteiger partial charge in [0.1, 0.15) is 16.8 Å². The predicted octanol–water partition coefficient (Wildman–Crippen LogP) is 2.91. The minimum atomic E-state index is -0.141. The van der Waals surface area contributed by atoms with Gasteiger partial charge in [0.2, 0.25) is 0 Å². The van der Waals surface area contributed by atoms with Crippen LogP contribution in [0.25, 0.3) is 0 Å². The first kappa shape index (κ1) is 12.6. The molecule has 0 amide bonds. The number of hydrogen-bond donors (Lipinski definition) is 0. The second kappa shape index (κ2) is 5.58. The summed E-state index contributed by atoms with van der Waals surface area (Å²) in [5.41, 5.74) is 0.438. The van der Waals surface area contributed by atoms with Gasteiger partial charge in [-0.3, -0.25) is 4.79 Å². The van der Waals surface area contributed by atoms with E-state index in [1.165, 1.54) is 11.3 Å². The first-order chi connectivity index (χ1) is 7.10. The van der Waals surface area contributed by atoms with Crippen molar-refractivity contribution in [2.45, 2.75) is 20.0 Å². The van der Waals surface area contributed by atoms with Crippen LogP contribution in [0.15, 0.2) is 5.38 Å². The van der Waals surface area contributed by atoms with Gasteiger partial charge in [0.25, 0.3) is 0 Å². The van der Waals surface area contributed by atoms with Crippen molar-refractivity contribution in [3.8, 4) is 0 Å². The monoisotopic (exact) mass is 247 g/mol. The molecule has 0 fully saturated rings. The fourth-order valence-electron chi connectivity index (χ4n) is 1.27. The Balaban J connectivity index is 2.87. The Hall–Kier alpha value is -0.450. The lowest BCUT2D eigenvalue weighted by molar-refractivity contribution is 0.0642. The third-order valence-corrected chi connectivity index (χ3v) is 3.18. The fraction of sp³-hybridized carbons (Fsp3) is 0.600. The Bertz CT molecular complexity index is 338. The van der Waals surface area contributed by atoms with Gasteiger partial charge in [-0.2, -0.15) is 0 Å². The maximum absolute atomic E-state index is 11.3. The highest BCUT2D eigenvalue weighted by Gasteiger charge is 2.20. The van der Waals surface area contributed by atoms with Crippen molar-refractivity contribution in [2.24, 2.45) is 5.92 Å². The van der Waals surface area contributed by atoms with Gasteiger partial charge in [0, 0.05) is 12.5 Å². The number of carbonyl (C=O) groups is 1. The highest BCUT2D eigenvalue weighted by molar-refractivity contribution is 7.09. The van der Waals surface area contributed by atoms with Crippen LogP contribution in [-0.4, -0.2) is 23.8 Å². The van der Waals surface area contributed by atoms with E-state index < -0.39 is 0 Å². The van der Waals surface area contributed by atoms with Gasteiger partial charge < -0.3 is 4.74 Å².